The van der Waals surface area contributed by atoms with Gasteiger partial charge in [-0.15, -0.1) is 0 Å². The van der Waals surface area contributed by atoms with E-state index in [4.69, 9.17) is 0 Å². The van der Waals surface area contributed by atoms with Crippen molar-refractivity contribution in [2.24, 2.45) is 7.05 Å². The molecular formula is C16H18N6O. The molecule has 3 heterocycles. The third kappa shape index (κ3) is 3.13. The Morgan fingerprint density at radius 3 is 2.83 bits per heavy atom. The third-order valence-corrected chi connectivity index (χ3v) is 3.62. The first-order valence-electron chi connectivity index (χ1n) is 7.35. The average molecular weight is 310 g/mol. The number of rotatable bonds is 5. The standard InChI is InChI=1S/C16H18N6O/c1-12-10-20-14(13-4-3-5-17-11-13)22(12)9-7-19-16(23)15-18-6-8-21(15)2/h3-6,8,10-11H,7,9H2,1-2H3,(H,19,23). The number of nitrogens with zero attached hydrogens (tertiary/aromatic N) is 5. The van der Waals surface area contributed by atoms with Gasteiger partial charge in [0.25, 0.3) is 5.91 Å². The lowest BCUT2D eigenvalue weighted by Crippen LogP contribution is -2.29. The zero-order valence-electron chi connectivity index (χ0n) is 13.1. The van der Waals surface area contributed by atoms with E-state index in [9.17, 15) is 4.79 Å². The molecule has 23 heavy (non-hydrogen) atoms. The van der Waals surface area contributed by atoms with Crippen LogP contribution in [0.1, 0.15) is 16.3 Å². The van der Waals surface area contributed by atoms with Crippen LogP contribution in [0.5, 0.6) is 0 Å². The summed E-state index contributed by atoms with van der Waals surface area (Å²) in [7, 11) is 1.79. The molecule has 1 amide bonds. The summed E-state index contributed by atoms with van der Waals surface area (Å²) in [5.74, 6) is 1.07. The molecule has 0 saturated carbocycles. The summed E-state index contributed by atoms with van der Waals surface area (Å²) in [6.45, 7) is 3.12. The Morgan fingerprint density at radius 2 is 2.13 bits per heavy atom. The number of aryl methyl sites for hydroxylation is 2. The molecule has 0 radical (unpaired) electrons. The molecule has 0 saturated heterocycles. The lowest BCUT2D eigenvalue weighted by atomic mass is 10.2. The summed E-state index contributed by atoms with van der Waals surface area (Å²) in [6.07, 6.45) is 8.69. The topological polar surface area (TPSA) is 77.6 Å². The Balaban J connectivity index is 1.68. The summed E-state index contributed by atoms with van der Waals surface area (Å²) in [5, 5.41) is 2.88. The smallest absolute Gasteiger partial charge is 0.287 e. The predicted octanol–water partition coefficient (Wildman–Crippen LogP) is 1.42. The number of pyridine rings is 1. The van der Waals surface area contributed by atoms with Gasteiger partial charge in [0.15, 0.2) is 5.82 Å². The molecule has 7 nitrogen and oxygen atoms in total. The molecule has 0 aliphatic heterocycles. The van der Waals surface area contributed by atoms with Crippen LogP contribution in [0.3, 0.4) is 0 Å². The van der Waals surface area contributed by atoms with Crippen molar-refractivity contribution in [1.29, 1.82) is 0 Å². The highest BCUT2D eigenvalue weighted by molar-refractivity contribution is 5.90. The fourth-order valence-corrected chi connectivity index (χ4v) is 2.41. The van der Waals surface area contributed by atoms with Gasteiger partial charge in [-0.05, 0) is 19.1 Å². The van der Waals surface area contributed by atoms with Crippen molar-refractivity contribution in [3.63, 3.8) is 0 Å². The first-order valence-corrected chi connectivity index (χ1v) is 7.35. The van der Waals surface area contributed by atoms with Gasteiger partial charge in [-0.1, -0.05) is 0 Å². The van der Waals surface area contributed by atoms with Crippen LogP contribution < -0.4 is 5.32 Å². The molecule has 0 unspecified atom stereocenters. The summed E-state index contributed by atoms with van der Waals surface area (Å²) in [4.78, 5) is 24.7. The summed E-state index contributed by atoms with van der Waals surface area (Å²) in [6, 6.07) is 3.85. The highest BCUT2D eigenvalue weighted by Gasteiger charge is 2.12. The molecule has 0 aliphatic carbocycles. The van der Waals surface area contributed by atoms with Gasteiger partial charge < -0.3 is 14.5 Å². The molecule has 1 N–H and O–H groups in total. The number of amides is 1. The molecule has 7 heteroatoms. The Hall–Kier alpha value is -2.96. The van der Waals surface area contributed by atoms with Crippen molar-refractivity contribution in [1.82, 2.24) is 29.4 Å². The van der Waals surface area contributed by atoms with Gasteiger partial charge in [0.1, 0.15) is 5.82 Å². The lowest BCUT2D eigenvalue weighted by Gasteiger charge is -2.11. The van der Waals surface area contributed by atoms with E-state index >= 15 is 0 Å². The van der Waals surface area contributed by atoms with Crippen molar-refractivity contribution in [2.45, 2.75) is 13.5 Å². The third-order valence-electron chi connectivity index (χ3n) is 3.62. The molecule has 0 spiro atoms. The molecule has 3 aromatic heterocycles. The highest BCUT2D eigenvalue weighted by Crippen LogP contribution is 2.17. The van der Waals surface area contributed by atoms with Crippen molar-refractivity contribution in [3.8, 4) is 11.4 Å². The SMILES string of the molecule is Cc1cnc(-c2cccnc2)n1CCNC(=O)c1nccn1C. The van der Waals surface area contributed by atoms with E-state index in [0.29, 0.717) is 18.9 Å². The van der Waals surface area contributed by atoms with Gasteiger partial charge in [-0.3, -0.25) is 9.78 Å². The number of carbonyl (C=O) groups excluding carboxylic acids is 1. The van der Waals surface area contributed by atoms with Crippen LogP contribution >= 0.6 is 0 Å². The minimum Gasteiger partial charge on any atom is -0.348 e. The number of carbonyl (C=O) groups is 1. The molecule has 0 aromatic carbocycles. The first kappa shape index (κ1) is 15.0. The van der Waals surface area contributed by atoms with Crippen molar-refractivity contribution in [3.05, 3.63) is 54.6 Å². The number of nitrogens with one attached hydrogen (secondary N) is 1. The van der Waals surface area contributed by atoms with E-state index < -0.39 is 0 Å². The zero-order valence-corrected chi connectivity index (χ0v) is 13.1. The first-order chi connectivity index (χ1) is 11.2. The van der Waals surface area contributed by atoms with Gasteiger partial charge >= 0.3 is 0 Å². The molecule has 3 rings (SSSR count). The van der Waals surface area contributed by atoms with E-state index in [-0.39, 0.29) is 5.91 Å². The zero-order chi connectivity index (χ0) is 16.2. The van der Waals surface area contributed by atoms with Crippen molar-refractivity contribution in [2.75, 3.05) is 6.54 Å². The minimum absolute atomic E-state index is 0.182. The van der Waals surface area contributed by atoms with E-state index in [1.165, 1.54) is 0 Å². The number of hydrogen-bond donors (Lipinski definition) is 1. The second kappa shape index (κ2) is 6.43. The quantitative estimate of drug-likeness (QED) is 0.773. The van der Waals surface area contributed by atoms with Crippen LogP contribution in [0, 0.1) is 6.92 Å². The van der Waals surface area contributed by atoms with E-state index in [2.05, 4.69) is 24.8 Å². The maximum Gasteiger partial charge on any atom is 0.287 e. The Morgan fingerprint density at radius 1 is 1.26 bits per heavy atom. The Bertz CT molecular complexity index is 805. The van der Waals surface area contributed by atoms with Gasteiger partial charge in [0.05, 0.1) is 0 Å². The van der Waals surface area contributed by atoms with Gasteiger partial charge in [-0.25, -0.2) is 9.97 Å². The van der Waals surface area contributed by atoms with E-state index in [0.717, 1.165) is 17.1 Å². The molecule has 0 bridgehead atoms. The Kier molecular flexibility index (Phi) is 4.18. The highest BCUT2D eigenvalue weighted by atomic mass is 16.2. The average Bonchev–Trinajstić information content (AvgIpc) is 3.15. The van der Waals surface area contributed by atoms with Gasteiger partial charge in [0.2, 0.25) is 0 Å². The number of aromatic nitrogens is 5. The van der Waals surface area contributed by atoms with Crippen molar-refractivity contribution < 1.29 is 4.79 Å². The van der Waals surface area contributed by atoms with Crippen LogP contribution in [0.25, 0.3) is 11.4 Å². The number of imidazole rings is 2. The van der Waals surface area contributed by atoms with Crippen LogP contribution in [-0.4, -0.2) is 36.5 Å². The fourth-order valence-electron chi connectivity index (χ4n) is 2.41. The molecule has 3 aromatic rings. The minimum atomic E-state index is -0.182. The van der Waals surface area contributed by atoms with Crippen LogP contribution in [0.4, 0.5) is 0 Å². The second-order valence-corrected chi connectivity index (χ2v) is 5.23. The van der Waals surface area contributed by atoms with E-state index in [1.807, 2.05) is 25.3 Å². The number of hydrogen-bond acceptors (Lipinski definition) is 4. The molecule has 118 valence electrons. The monoisotopic (exact) mass is 310 g/mol. The Labute approximate surface area is 134 Å². The van der Waals surface area contributed by atoms with Crippen LogP contribution in [0.15, 0.2) is 43.1 Å². The maximum absolute atomic E-state index is 12.1. The summed E-state index contributed by atoms with van der Waals surface area (Å²) in [5.41, 5.74) is 1.99. The summed E-state index contributed by atoms with van der Waals surface area (Å²) >= 11 is 0. The predicted molar refractivity (Wildman–Crippen MR) is 85.7 cm³/mol. The second-order valence-electron chi connectivity index (χ2n) is 5.23. The van der Waals surface area contributed by atoms with Gasteiger partial charge in [-0.2, -0.15) is 0 Å². The van der Waals surface area contributed by atoms with Crippen LogP contribution in [-0.2, 0) is 13.6 Å². The molecular weight excluding hydrogens is 292 g/mol. The lowest BCUT2D eigenvalue weighted by molar-refractivity contribution is 0.0939. The fraction of sp³-hybridized carbons (Fsp3) is 0.250. The largest absolute Gasteiger partial charge is 0.348 e. The summed E-state index contributed by atoms with van der Waals surface area (Å²) < 4.78 is 3.76. The van der Waals surface area contributed by atoms with Gasteiger partial charge in [0, 0.05) is 62.4 Å². The molecule has 0 fully saturated rings. The van der Waals surface area contributed by atoms with Crippen LogP contribution in [0.2, 0.25) is 0 Å². The normalized spacial score (nSPS) is 10.7. The molecule has 0 aliphatic rings. The maximum atomic E-state index is 12.1. The van der Waals surface area contributed by atoms with E-state index in [1.54, 1.807) is 36.4 Å². The molecule has 0 atom stereocenters. The van der Waals surface area contributed by atoms with Crippen molar-refractivity contribution >= 4 is 5.91 Å².